The number of anilines is 1. The number of carbonyl (C=O) groups excluding carboxylic acids is 2. The van der Waals surface area contributed by atoms with E-state index in [0.717, 1.165) is 29.5 Å². The second-order valence-corrected chi connectivity index (χ2v) is 20.7. The van der Waals surface area contributed by atoms with E-state index < -0.39 is 19.8 Å². The van der Waals surface area contributed by atoms with Gasteiger partial charge in [0.1, 0.15) is 5.75 Å². The van der Waals surface area contributed by atoms with Crippen molar-refractivity contribution >= 4 is 53.1 Å². The van der Waals surface area contributed by atoms with E-state index in [-0.39, 0.29) is 54.4 Å². The molecule has 0 bridgehead atoms. The fourth-order valence-corrected chi connectivity index (χ4v) is 13.7. The summed E-state index contributed by atoms with van der Waals surface area (Å²) in [4.78, 5) is 46.1. The van der Waals surface area contributed by atoms with Crippen LogP contribution in [-0.2, 0) is 26.5 Å². The van der Waals surface area contributed by atoms with E-state index in [9.17, 15) is 14.7 Å². The average molecular weight is 777 g/mol. The van der Waals surface area contributed by atoms with Gasteiger partial charge >= 0.3 is 0 Å². The van der Waals surface area contributed by atoms with Crippen molar-refractivity contribution < 1.29 is 24.2 Å². The summed E-state index contributed by atoms with van der Waals surface area (Å²) in [6, 6.07) is 28.3. The maximum atomic E-state index is 15.2. The second-order valence-electron chi connectivity index (χ2n) is 15.6. The Morgan fingerprint density at radius 2 is 1.78 bits per heavy atom. The van der Waals surface area contributed by atoms with Crippen LogP contribution in [0.5, 0.6) is 5.75 Å². The molecule has 55 heavy (non-hydrogen) atoms. The summed E-state index contributed by atoms with van der Waals surface area (Å²) < 4.78 is 14.0. The Balaban J connectivity index is 1.16. The zero-order valence-corrected chi connectivity index (χ0v) is 33.2. The fraction of sp³-hybridized carbons (Fsp3) is 0.349. The van der Waals surface area contributed by atoms with E-state index in [4.69, 9.17) is 21.1 Å². The Hall–Kier alpha value is -4.81. The number of aliphatic hydroxyl groups is 1. The predicted octanol–water partition coefficient (Wildman–Crippen LogP) is 6.18. The second kappa shape index (κ2) is 14.4. The van der Waals surface area contributed by atoms with Gasteiger partial charge in [-0.3, -0.25) is 14.4 Å². The summed E-state index contributed by atoms with van der Waals surface area (Å²) in [7, 11) is -0.848. The molecular formula is C43H45ClN4O6Si. The number of likely N-dealkylation sites (tertiary alicyclic amines) is 1. The maximum absolute atomic E-state index is 15.2. The molecule has 3 aliphatic rings. The van der Waals surface area contributed by atoms with Crippen molar-refractivity contribution in [1.82, 2.24) is 14.7 Å². The van der Waals surface area contributed by atoms with Crippen LogP contribution in [0.15, 0.2) is 102 Å². The first kappa shape index (κ1) is 37.1. The molecule has 4 heterocycles. The Bertz CT molecular complexity index is 2330. The number of aliphatic hydroxyl groups excluding tert-OH is 1. The van der Waals surface area contributed by atoms with E-state index in [1.807, 2.05) is 66.7 Å². The first-order chi connectivity index (χ1) is 26.5. The number of hydrogen-bond donors (Lipinski definition) is 1. The molecule has 2 amide bonds. The molecule has 0 unspecified atom stereocenters. The SMILES string of the molecule is COc1ccc([Si](C)(C)[C@H]2[C@H](CC(=O)N3CCC[C@H]3CO)O[C@@]3(C(=O)N(Cc4ccc(-n5ncc6ccccc6c5=O)cc4)c4ccc(Cl)cc43)[C@@H]2C)cc1. The Labute approximate surface area is 326 Å². The lowest BCUT2D eigenvalue weighted by Gasteiger charge is -2.37. The Morgan fingerprint density at radius 3 is 2.51 bits per heavy atom. The van der Waals surface area contributed by atoms with Gasteiger partial charge in [-0.25, -0.2) is 0 Å². The first-order valence-electron chi connectivity index (χ1n) is 18.9. The molecule has 1 N–H and O–H groups in total. The zero-order chi connectivity index (χ0) is 38.6. The molecule has 5 atom stereocenters. The molecule has 3 aliphatic heterocycles. The summed E-state index contributed by atoms with van der Waals surface area (Å²) in [5, 5.41) is 17.5. The molecule has 1 spiro atoms. The van der Waals surface area contributed by atoms with Crippen LogP contribution in [0, 0.1) is 5.92 Å². The zero-order valence-electron chi connectivity index (χ0n) is 31.4. The topological polar surface area (TPSA) is 114 Å². The van der Waals surface area contributed by atoms with Crippen molar-refractivity contribution in [3.63, 3.8) is 0 Å². The van der Waals surface area contributed by atoms with Crippen LogP contribution in [0.3, 0.4) is 0 Å². The predicted molar refractivity (Wildman–Crippen MR) is 216 cm³/mol. The Kier molecular flexibility index (Phi) is 9.69. The van der Waals surface area contributed by atoms with Crippen LogP contribution in [0.1, 0.15) is 37.3 Å². The molecule has 8 rings (SSSR count). The third-order valence-electron chi connectivity index (χ3n) is 12.3. The number of nitrogens with zero attached hydrogens (tertiary/aromatic N) is 4. The highest BCUT2D eigenvalue weighted by molar-refractivity contribution is 6.91. The minimum Gasteiger partial charge on any atom is -0.497 e. The molecule has 4 aromatic carbocycles. The molecular weight excluding hydrogens is 732 g/mol. The normalized spacial score (nSPS) is 23.6. The van der Waals surface area contributed by atoms with E-state index in [1.54, 1.807) is 35.2 Å². The summed E-state index contributed by atoms with van der Waals surface area (Å²) in [5.41, 5.74) is 1.17. The number of benzene rings is 4. The summed E-state index contributed by atoms with van der Waals surface area (Å²) in [6.45, 7) is 7.44. The van der Waals surface area contributed by atoms with Gasteiger partial charge in [0.2, 0.25) is 5.91 Å². The lowest BCUT2D eigenvalue weighted by molar-refractivity contribution is -0.150. The fourth-order valence-electron chi connectivity index (χ4n) is 9.49. The lowest BCUT2D eigenvalue weighted by Crippen LogP contribution is -2.52. The number of ether oxygens (including phenoxy) is 2. The highest BCUT2D eigenvalue weighted by Crippen LogP contribution is 2.60. The molecule has 0 saturated carbocycles. The lowest BCUT2D eigenvalue weighted by atomic mass is 9.82. The monoisotopic (exact) mass is 776 g/mol. The molecule has 2 saturated heterocycles. The van der Waals surface area contributed by atoms with E-state index >= 15 is 4.79 Å². The van der Waals surface area contributed by atoms with E-state index in [0.29, 0.717) is 33.9 Å². The number of methoxy groups -OCH3 is 1. The van der Waals surface area contributed by atoms with Crippen molar-refractivity contribution in [3.8, 4) is 11.4 Å². The van der Waals surface area contributed by atoms with Crippen LogP contribution in [-0.4, -0.2) is 72.1 Å². The number of carbonyl (C=O) groups is 2. The quantitative estimate of drug-likeness (QED) is 0.178. The van der Waals surface area contributed by atoms with Crippen molar-refractivity contribution in [2.75, 3.05) is 25.2 Å². The molecule has 10 nitrogen and oxygen atoms in total. The van der Waals surface area contributed by atoms with Gasteiger partial charge in [0.15, 0.2) is 5.60 Å². The highest BCUT2D eigenvalue weighted by atomic mass is 35.5. The number of fused-ring (bicyclic) bond motifs is 3. The third-order valence-corrected chi connectivity index (χ3v) is 16.9. The number of amides is 2. The molecule has 12 heteroatoms. The van der Waals surface area contributed by atoms with Crippen LogP contribution in [0.25, 0.3) is 16.5 Å². The van der Waals surface area contributed by atoms with Crippen LogP contribution in [0.2, 0.25) is 23.7 Å². The molecule has 2 fully saturated rings. The highest BCUT2D eigenvalue weighted by Gasteiger charge is 2.66. The van der Waals surface area contributed by atoms with Crippen LogP contribution >= 0.6 is 11.6 Å². The van der Waals surface area contributed by atoms with Gasteiger partial charge in [0.25, 0.3) is 11.5 Å². The van der Waals surface area contributed by atoms with Gasteiger partial charge in [-0.2, -0.15) is 9.78 Å². The minimum absolute atomic E-state index is 0.0657. The van der Waals surface area contributed by atoms with Gasteiger partial charge < -0.3 is 24.4 Å². The van der Waals surface area contributed by atoms with Crippen LogP contribution in [0.4, 0.5) is 5.69 Å². The van der Waals surface area contributed by atoms with Gasteiger partial charge in [0, 0.05) is 28.4 Å². The van der Waals surface area contributed by atoms with Crippen molar-refractivity contribution in [2.45, 2.75) is 69.1 Å². The van der Waals surface area contributed by atoms with Crippen LogP contribution < -0.4 is 20.4 Å². The number of halogens is 1. The minimum atomic E-state index is -2.49. The first-order valence-corrected chi connectivity index (χ1v) is 22.3. The van der Waals surface area contributed by atoms with E-state index in [1.165, 1.54) is 9.87 Å². The summed E-state index contributed by atoms with van der Waals surface area (Å²) >= 11 is 6.70. The summed E-state index contributed by atoms with van der Waals surface area (Å²) in [6.07, 6.45) is 2.83. The van der Waals surface area contributed by atoms with Gasteiger partial charge in [0.05, 0.1) is 69.9 Å². The standard InChI is InChI=1S/C43H45ClN4O6Si/c1-27-40(55(3,4)34-18-16-33(53-2)17-19-34)38(23-39(50)46-21-7-9-32(46)26-49)54-43(27)36-22-30(44)13-20-37(36)47(42(43)52)25-28-11-14-31(15-12-28)48-41(51)35-10-6-5-8-29(35)24-45-48/h5-6,8,10-20,22,24,27,32,38,40,49H,7,9,21,23,25-26H2,1-4H3/t27-,32+,38+,40-,43+/m1/s1. The maximum Gasteiger partial charge on any atom is 0.279 e. The van der Waals surface area contributed by atoms with Crippen molar-refractivity contribution in [3.05, 3.63) is 124 Å². The smallest absolute Gasteiger partial charge is 0.279 e. The van der Waals surface area contributed by atoms with Gasteiger partial charge in [-0.1, -0.05) is 79.3 Å². The molecule has 0 aliphatic carbocycles. The molecule has 0 radical (unpaired) electrons. The van der Waals surface area contributed by atoms with Gasteiger partial charge in [-0.15, -0.1) is 0 Å². The summed E-state index contributed by atoms with van der Waals surface area (Å²) in [5.74, 6) is 0.186. The molecule has 1 aromatic heterocycles. The average Bonchev–Trinajstić information content (AvgIpc) is 3.86. The number of aromatic nitrogens is 2. The molecule has 284 valence electrons. The Morgan fingerprint density at radius 1 is 1.04 bits per heavy atom. The van der Waals surface area contributed by atoms with Crippen molar-refractivity contribution in [2.24, 2.45) is 5.92 Å². The largest absolute Gasteiger partial charge is 0.497 e. The van der Waals surface area contributed by atoms with Gasteiger partial charge in [-0.05, 0) is 72.5 Å². The van der Waals surface area contributed by atoms with Crippen molar-refractivity contribution in [1.29, 1.82) is 0 Å². The number of rotatable bonds is 9. The number of hydrogen-bond acceptors (Lipinski definition) is 7. The van der Waals surface area contributed by atoms with E-state index in [2.05, 4.69) is 37.2 Å². The molecule has 5 aromatic rings. The third kappa shape index (κ3) is 6.17.